The number of aromatic nitrogens is 5. The van der Waals surface area contributed by atoms with Crippen molar-refractivity contribution in [3.05, 3.63) is 59.9 Å². The number of nitrogens with zero attached hydrogens (tertiary/aromatic N) is 6. The molecule has 0 fully saturated rings. The van der Waals surface area contributed by atoms with Crippen LogP contribution in [0.2, 0.25) is 0 Å². The normalized spacial score (nSPS) is 11.2. The Bertz CT molecular complexity index is 884. The van der Waals surface area contributed by atoms with Crippen LogP contribution in [0.3, 0.4) is 0 Å². The van der Waals surface area contributed by atoms with Gasteiger partial charge >= 0.3 is 0 Å². The van der Waals surface area contributed by atoms with Gasteiger partial charge < -0.3 is 10.6 Å². The molecular formula is C19H27IN8. The number of benzene rings is 1. The minimum atomic E-state index is 0. The molecule has 28 heavy (non-hydrogen) atoms. The Balaban J connectivity index is 0.00000280. The number of aryl methyl sites for hydroxylation is 3. The maximum Gasteiger partial charge on any atom is 0.191 e. The summed E-state index contributed by atoms with van der Waals surface area (Å²) < 4.78 is 4.00. The molecule has 8 nitrogen and oxygen atoms in total. The van der Waals surface area contributed by atoms with E-state index < -0.39 is 0 Å². The summed E-state index contributed by atoms with van der Waals surface area (Å²) in [6.07, 6.45) is 2.68. The molecule has 150 valence electrons. The van der Waals surface area contributed by atoms with Crippen LogP contribution in [-0.2, 0) is 13.1 Å². The zero-order valence-corrected chi connectivity index (χ0v) is 18.8. The summed E-state index contributed by atoms with van der Waals surface area (Å²) in [5.74, 6) is 1.57. The molecule has 2 aromatic heterocycles. The number of rotatable bonds is 7. The van der Waals surface area contributed by atoms with Crippen molar-refractivity contribution in [1.29, 1.82) is 0 Å². The van der Waals surface area contributed by atoms with E-state index in [-0.39, 0.29) is 24.0 Å². The van der Waals surface area contributed by atoms with Gasteiger partial charge in [-0.2, -0.15) is 5.10 Å². The molecule has 0 radical (unpaired) electrons. The van der Waals surface area contributed by atoms with Gasteiger partial charge in [-0.15, -0.1) is 34.2 Å². The molecular weight excluding hydrogens is 467 g/mol. The van der Waals surface area contributed by atoms with Crippen molar-refractivity contribution in [2.75, 3.05) is 13.6 Å². The van der Waals surface area contributed by atoms with E-state index in [1.165, 1.54) is 5.69 Å². The second kappa shape index (κ2) is 10.8. The van der Waals surface area contributed by atoms with E-state index in [9.17, 15) is 0 Å². The Kier molecular flexibility index (Phi) is 8.42. The summed E-state index contributed by atoms with van der Waals surface area (Å²) in [7, 11) is 1.76. The Morgan fingerprint density at radius 3 is 2.61 bits per heavy atom. The van der Waals surface area contributed by atoms with Crippen LogP contribution < -0.4 is 10.6 Å². The summed E-state index contributed by atoms with van der Waals surface area (Å²) in [5.41, 5.74) is 3.28. The molecule has 0 spiro atoms. The lowest BCUT2D eigenvalue weighted by Gasteiger charge is -2.12. The van der Waals surface area contributed by atoms with Crippen LogP contribution in [0.1, 0.15) is 23.6 Å². The molecule has 0 saturated carbocycles. The first-order chi connectivity index (χ1) is 13.2. The summed E-state index contributed by atoms with van der Waals surface area (Å²) in [6, 6.07) is 12.1. The van der Waals surface area contributed by atoms with Gasteiger partial charge in [-0.1, -0.05) is 18.2 Å². The Labute approximate surface area is 182 Å². The fourth-order valence-corrected chi connectivity index (χ4v) is 2.90. The number of hydrogen-bond acceptors (Lipinski definition) is 4. The maximum absolute atomic E-state index is 4.48. The van der Waals surface area contributed by atoms with E-state index in [1.54, 1.807) is 13.4 Å². The highest BCUT2D eigenvalue weighted by atomic mass is 127. The largest absolute Gasteiger partial charge is 0.356 e. The van der Waals surface area contributed by atoms with Gasteiger partial charge in [-0.25, -0.2) is 0 Å². The van der Waals surface area contributed by atoms with E-state index in [2.05, 4.69) is 43.9 Å². The van der Waals surface area contributed by atoms with Crippen LogP contribution in [0.15, 0.2) is 47.7 Å². The Hall–Kier alpha value is -2.43. The molecule has 0 amide bonds. The SMILES string of the molecule is CN=C(NCCCn1nc(C)cc1C)NCc1nncn1-c1ccccc1.I. The monoisotopic (exact) mass is 494 g/mol. The zero-order chi connectivity index (χ0) is 19.1. The predicted molar refractivity (Wildman–Crippen MR) is 121 cm³/mol. The van der Waals surface area contributed by atoms with Crippen molar-refractivity contribution in [3.8, 4) is 5.69 Å². The molecule has 3 aromatic rings. The third-order valence-electron chi connectivity index (χ3n) is 4.23. The smallest absolute Gasteiger partial charge is 0.191 e. The first-order valence-electron chi connectivity index (χ1n) is 9.07. The molecule has 0 atom stereocenters. The van der Waals surface area contributed by atoms with Crippen LogP contribution in [0.5, 0.6) is 0 Å². The maximum atomic E-state index is 4.48. The molecule has 2 N–H and O–H groups in total. The number of aliphatic imine (C=N–C) groups is 1. The van der Waals surface area contributed by atoms with Gasteiger partial charge in [-0.05, 0) is 38.5 Å². The molecule has 0 saturated heterocycles. The van der Waals surface area contributed by atoms with Crippen molar-refractivity contribution in [2.45, 2.75) is 33.4 Å². The quantitative estimate of drug-likeness (QED) is 0.228. The molecule has 0 aliphatic carbocycles. The van der Waals surface area contributed by atoms with Crippen molar-refractivity contribution < 1.29 is 0 Å². The van der Waals surface area contributed by atoms with Crippen LogP contribution in [0, 0.1) is 13.8 Å². The predicted octanol–water partition coefficient (Wildman–Crippen LogP) is 2.45. The van der Waals surface area contributed by atoms with E-state index >= 15 is 0 Å². The number of hydrogen-bond donors (Lipinski definition) is 2. The lowest BCUT2D eigenvalue weighted by atomic mass is 10.3. The molecule has 9 heteroatoms. The summed E-state index contributed by atoms with van der Waals surface area (Å²) in [4.78, 5) is 4.27. The summed E-state index contributed by atoms with van der Waals surface area (Å²) in [6.45, 7) is 6.32. The fraction of sp³-hybridized carbons (Fsp3) is 0.368. The molecule has 0 aliphatic heterocycles. The van der Waals surface area contributed by atoms with E-state index in [0.29, 0.717) is 6.54 Å². The Morgan fingerprint density at radius 2 is 1.93 bits per heavy atom. The summed E-state index contributed by atoms with van der Waals surface area (Å²) in [5, 5.41) is 19.3. The molecule has 1 aromatic carbocycles. The van der Waals surface area contributed by atoms with Gasteiger partial charge in [-0.3, -0.25) is 14.2 Å². The molecule has 2 heterocycles. The van der Waals surface area contributed by atoms with Crippen molar-refractivity contribution in [2.24, 2.45) is 4.99 Å². The standard InChI is InChI=1S/C19H26N8.HI/c1-15-12-16(2)27(25-15)11-7-10-21-19(20-3)22-13-18-24-23-14-26(18)17-8-5-4-6-9-17;/h4-6,8-9,12,14H,7,10-11,13H2,1-3H3,(H2,20,21,22);1H. The van der Waals surface area contributed by atoms with Crippen LogP contribution in [0.4, 0.5) is 0 Å². The van der Waals surface area contributed by atoms with Crippen LogP contribution in [0.25, 0.3) is 5.69 Å². The number of guanidine groups is 1. The fourth-order valence-electron chi connectivity index (χ4n) is 2.90. The number of halogens is 1. The van der Waals surface area contributed by atoms with Crippen molar-refractivity contribution >= 4 is 29.9 Å². The van der Waals surface area contributed by atoms with Gasteiger partial charge in [0.05, 0.1) is 12.2 Å². The third-order valence-corrected chi connectivity index (χ3v) is 4.23. The minimum absolute atomic E-state index is 0. The van der Waals surface area contributed by atoms with Gasteiger partial charge in [0.1, 0.15) is 6.33 Å². The van der Waals surface area contributed by atoms with E-state index in [0.717, 1.165) is 42.7 Å². The highest BCUT2D eigenvalue weighted by molar-refractivity contribution is 14.0. The van der Waals surface area contributed by atoms with Crippen molar-refractivity contribution in [3.63, 3.8) is 0 Å². The van der Waals surface area contributed by atoms with Gasteiger partial charge in [0.2, 0.25) is 0 Å². The van der Waals surface area contributed by atoms with Gasteiger partial charge in [0.15, 0.2) is 11.8 Å². The first-order valence-corrected chi connectivity index (χ1v) is 9.07. The second-order valence-corrected chi connectivity index (χ2v) is 6.31. The minimum Gasteiger partial charge on any atom is -0.356 e. The highest BCUT2D eigenvalue weighted by Gasteiger charge is 2.07. The molecule has 0 aliphatic rings. The van der Waals surface area contributed by atoms with Gasteiger partial charge in [0, 0.05) is 31.5 Å². The van der Waals surface area contributed by atoms with Crippen LogP contribution >= 0.6 is 24.0 Å². The second-order valence-electron chi connectivity index (χ2n) is 6.31. The summed E-state index contributed by atoms with van der Waals surface area (Å²) >= 11 is 0. The average Bonchev–Trinajstić information content (AvgIpc) is 3.27. The topological polar surface area (TPSA) is 84.9 Å². The van der Waals surface area contributed by atoms with E-state index in [1.807, 2.05) is 46.5 Å². The van der Waals surface area contributed by atoms with Gasteiger partial charge in [0.25, 0.3) is 0 Å². The lowest BCUT2D eigenvalue weighted by molar-refractivity contribution is 0.555. The van der Waals surface area contributed by atoms with E-state index in [4.69, 9.17) is 0 Å². The third kappa shape index (κ3) is 5.78. The Morgan fingerprint density at radius 1 is 1.14 bits per heavy atom. The first kappa shape index (κ1) is 21.9. The molecule has 0 bridgehead atoms. The highest BCUT2D eigenvalue weighted by Crippen LogP contribution is 2.08. The molecule has 0 unspecified atom stereocenters. The van der Waals surface area contributed by atoms with Crippen LogP contribution in [-0.4, -0.2) is 44.1 Å². The number of para-hydroxylation sites is 1. The molecule has 3 rings (SSSR count). The average molecular weight is 494 g/mol. The number of nitrogens with one attached hydrogen (secondary N) is 2. The van der Waals surface area contributed by atoms with Crippen molar-refractivity contribution in [1.82, 2.24) is 35.2 Å². The zero-order valence-electron chi connectivity index (χ0n) is 16.5. The lowest BCUT2D eigenvalue weighted by Crippen LogP contribution is -2.38.